The molecule has 2 saturated heterocycles. The number of fused-ring (bicyclic) bond motifs is 1. The van der Waals surface area contributed by atoms with Gasteiger partial charge in [0.05, 0.1) is 42.6 Å². The van der Waals surface area contributed by atoms with Crippen LogP contribution in [0.4, 0.5) is 4.39 Å². The largest absolute Gasteiger partial charge is 0.370 e. The molecule has 0 N–H and O–H groups in total. The number of nitrogens with zero attached hydrogens (tertiary/aromatic N) is 8. The first kappa shape index (κ1) is 21.1. The number of ether oxygens (including phenoxy) is 1. The molecule has 2 aliphatic heterocycles. The Bertz CT molecular complexity index is 1180. The number of amides is 1. The number of aromatic nitrogens is 5. The van der Waals surface area contributed by atoms with E-state index in [1.807, 2.05) is 17.0 Å². The quantitative estimate of drug-likeness (QED) is 0.579. The molecule has 2 aromatic heterocycles. The van der Waals surface area contributed by atoms with Crippen molar-refractivity contribution in [2.24, 2.45) is 0 Å². The first-order valence-electron chi connectivity index (χ1n) is 10.6. The van der Waals surface area contributed by atoms with Crippen molar-refractivity contribution < 1.29 is 13.9 Å². The van der Waals surface area contributed by atoms with Gasteiger partial charge in [-0.15, -0.1) is 5.10 Å². The maximum absolute atomic E-state index is 13.6. The average Bonchev–Trinajstić information content (AvgIpc) is 3.39. The lowest BCUT2D eigenvalue weighted by Crippen LogP contribution is -2.59. The smallest absolute Gasteiger partial charge is 0.228 e. The molecule has 33 heavy (non-hydrogen) atoms. The monoisotopic (exact) mass is 448 g/mol. The van der Waals surface area contributed by atoms with Gasteiger partial charge >= 0.3 is 0 Å². The van der Waals surface area contributed by atoms with Crippen molar-refractivity contribution in [2.75, 3.05) is 32.8 Å². The van der Waals surface area contributed by atoms with Gasteiger partial charge in [0.25, 0.3) is 0 Å². The van der Waals surface area contributed by atoms with Gasteiger partial charge < -0.3 is 9.64 Å². The van der Waals surface area contributed by atoms with Gasteiger partial charge in [0.15, 0.2) is 0 Å². The molecular weight excluding hydrogens is 427 g/mol. The second-order valence-corrected chi connectivity index (χ2v) is 8.10. The summed E-state index contributed by atoms with van der Waals surface area (Å²) in [5.41, 5.74) is 2.22. The minimum atomic E-state index is -0.526. The van der Waals surface area contributed by atoms with E-state index in [2.05, 4.69) is 25.4 Å². The van der Waals surface area contributed by atoms with E-state index < -0.39 is 5.82 Å². The molecule has 4 heterocycles. The van der Waals surface area contributed by atoms with Crippen LogP contribution in [0.25, 0.3) is 5.69 Å². The van der Waals surface area contributed by atoms with Crippen LogP contribution < -0.4 is 0 Å². The van der Waals surface area contributed by atoms with Crippen LogP contribution >= 0.6 is 0 Å². The molecule has 0 aliphatic carbocycles. The maximum atomic E-state index is 13.6. The van der Waals surface area contributed by atoms with E-state index in [0.29, 0.717) is 31.9 Å². The summed E-state index contributed by atoms with van der Waals surface area (Å²) < 4.78 is 21.2. The number of rotatable bonds is 4. The number of halogens is 1. The molecule has 168 valence electrons. The van der Waals surface area contributed by atoms with Gasteiger partial charge in [-0.05, 0) is 40.3 Å². The molecule has 1 amide bonds. The lowest BCUT2D eigenvalue weighted by Gasteiger charge is -2.46. The topological polar surface area (TPSA) is 113 Å². The molecule has 1 aromatic carbocycles. The van der Waals surface area contributed by atoms with Crippen LogP contribution in [0.5, 0.6) is 0 Å². The van der Waals surface area contributed by atoms with Crippen LogP contribution in [0.3, 0.4) is 0 Å². The molecule has 2 atom stereocenters. The minimum absolute atomic E-state index is 0.0215. The third-order valence-electron chi connectivity index (χ3n) is 6.09. The summed E-state index contributed by atoms with van der Waals surface area (Å²) in [6, 6.07) is 10.1. The van der Waals surface area contributed by atoms with Gasteiger partial charge in [-0.1, -0.05) is 6.07 Å². The molecule has 2 fully saturated rings. The number of pyridine rings is 1. The van der Waals surface area contributed by atoms with E-state index in [-0.39, 0.29) is 30.0 Å². The molecule has 3 aromatic rings. The Hall–Kier alpha value is -3.75. The Balaban J connectivity index is 1.17. The Kier molecular flexibility index (Phi) is 5.77. The SMILES string of the molecule is N#Cc1cc([C@@H]2CN3CCN(C(=O)Cc4ccc(-n5cnnn5)cn4)C[C@H]3CO2)ccc1F. The summed E-state index contributed by atoms with van der Waals surface area (Å²) >= 11 is 0. The van der Waals surface area contributed by atoms with Crippen molar-refractivity contribution in [3.63, 3.8) is 0 Å². The highest BCUT2D eigenvalue weighted by Gasteiger charge is 2.35. The van der Waals surface area contributed by atoms with Gasteiger partial charge in [0.1, 0.15) is 18.2 Å². The van der Waals surface area contributed by atoms with Crippen LogP contribution in [0.2, 0.25) is 0 Å². The number of nitriles is 1. The van der Waals surface area contributed by atoms with Crippen molar-refractivity contribution in [3.05, 3.63) is 65.5 Å². The molecule has 2 aliphatic rings. The van der Waals surface area contributed by atoms with Crippen molar-refractivity contribution in [2.45, 2.75) is 18.6 Å². The first-order chi connectivity index (χ1) is 16.1. The van der Waals surface area contributed by atoms with Crippen LogP contribution in [-0.2, 0) is 16.0 Å². The van der Waals surface area contributed by atoms with Gasteiger partial charge in [-0.2, -0.15) is 9.94 Å². The van der Waals surface area contributed by atoms with Crippen LogP contribution in [0, 0.1) is 17.1 Å². The molecule has 0 spiro atoms. The third-order valence-corrected chi connectivity index (χ3v) is 6.09. The van der Waals surface area contributed by atoms with Crippen molar-refractivity contribution in [1.29, 1.82) is 5.26 Å². The van der Waals surface area contributed by atoms with Crippen LogP contribution in [0.1, 0.15) is 22.9 Å². The average molecular weight is 448 g/mol. The standard InChI is InChI=1S/C22H21FN8O2/c23-20-4-1-15(7-16(20)9-24)21-12-29-5-6-30(11-19(29)13-33-21)22(32)8-17-2-3-18(10-25-17)31-14-26-27-28-31/h1-4,7,10,14,19,21H,5-6,8,11-13H2/t19-,21-/m0/s1. The number of carbonyl (C=O) groups is 1. The summed E-state index contributed by atoms with van der Waals surface area (Å²) in [6.07, 6.45) is 3.12. The zero-order valence-corrected chi connectivity index (χ0v) is 17.7. The Morgan fingerprint density at radius 2 is 2.15 bits per heavy atom. The highest BCUT2D eigenvalue weighted by atomic mass is 19.1. The summed E-state index contributed by atoms with van der Waals surface area (Å²) in [5, 5.41) is 20.1. The van der Waals surface area contributed by atoms with Gasteiger partial charge in [-0.3, -0.25) is 14.7 Å². The zero-order valence-electron chi connectivity index (χ0n) is 17.7. The van der Waals surface area contributed by atoms with E-state index in [4.69, 9.17) is 10.00 Å². The molecule has 10 nitrogen and oxygen atoms in total. The molecule has 0 saturated carbocycles. The molecule has 5 rings (SSSR count). The van der Waals surface area contributed by atoms with Gasteiger partial charge in [-0.25, -0.2) is 4.39 Å². The van der Waals surface area contributed by atoms with E-state index in [9.17, 15) is 9.18 Å². The minimum Gasteiger partial charge on any atom is -0.370 e. The molecular formula is C22H21FN8O2. The lowest BCUT2D eigenvalue weighted by molar-refractivity contribution is -0.139. The number of carbonyl (C=O) groups excluding carboxylic acids is 1. The number of tetrazole rings is 1. The number of piperazine rings is 1. The van der Waals surface area contributed by atoms with Gasteiger partial charge in [0, 0.05) is 31.9 Å². The van der Waals surface area contributed by atoms with E-state index in [1.54, 1.807) is 24.4 Å². The van der Waals surface area contributed by atoms with E-state index in [1.165, 1.54) is 17.1 Å². The zero-order chi connectivity index (χ0) is 22.8. The number of benzene rings is 1. The predicted molar refractivity (Wildman–Crippen MR) is 112 cm³/mol. The Morgan fingerprint density at radius 1 is 1.24 bits per heavy atom. The Labute approximate surface area is 189 Å². The highest BCUT2D eigenvalue weighted by Crippen LogP contribution is 2.28. The third kappa shape index (κ3) is 4.44. The number of morpholine rings is 1. The molecule has 0 radical (unpaired) electrons. The fourth-order valence-electron chi connectivity index (χ4n) is 4.24. The summed E-state index contributed by atoms with van der Waals surface area (Å²) in [7, 11) is 0. The second-order valence-electron chi connectivity index (χ2n) is 8.10. The van der Waals surface area contributed by atoms with Crippen molar-refractivity contribution >= 4 is 5.91 Å². The highest BCUT2D eigenvalue weighted by molar-refractivity contribution is 5.78. The predicted octanol–water partition coefficient (Wildman–Crippen LogP) is 0.895. The fourth-order valence-corrected chi connectivity index (χ4v) is 4.24. The first-order valence-corrected chi connectivity index (χ1v) is 10.6. The summed E-state index contributed by atoms with van der Waals surface area (Å²) in [4.78, 5) is 21.4. The lowest BCUT2D eigenvalue weighted by atomic mass is 10.0. The number of hydrogen-bond donors (Lipinski definition) is 0. The van der Waals surface area contributed by atoms with Crippen LogP contribution in [0.15, 0.2) is 42.9 Å². The normalized spacial score (nSPS) is 20.8. The fraction of sp³-hybridized carbons (Fsp3) is 0.364. The molecule has 0 bridgehead atoms. The van der Waals surface area contributed by atoms with Crippen molar-refractivity contribution in [1.82, 2.24) is 35.0 Å². The van der Waals surface area contributed by atoms with E-state index >= 15 is 0 Å². The van der Waals surface area contributed by atoms with Crippen molar-refractivity contribution in [3.8, 4) is 11.8 Å². The van der Waals surface area contributed by atoms with Gasteiger partial charge in [0.2, 0.25) is 5.91 Å². The van der Waals surface area contributed by atoms with Crippen LogP contribution in [-0.4, -0.2) is 79.7 Å². The second kappa shape index (κ2) is 9.01. The van der Waals surface area contributed by atoms with E-state index in [0.717, 1.165) is 17.8 Å². The molecule has 0 unspecified atom stereocenters. The summed E-state index contributed by atoms with van der Waals surface area (Å²) in [5.74, 6) is -0.502. The molecule has 11 heteroatoms. The maximum Gasteiger partial charge on any atom is 0.228 e. The summed E-state index contributed by atoms with van der Waals surface area (Å²) in [6.45, 7) is 3.04. The number of hydrogen-bond acceptors (Lipinski definition) is 8. The Morgan fingerprint density at radius 3 is 2.91 bits per heavy atom.